The first-order chi connectivity index (χ1) is 9.52. The summed E-state index contributed by atoms with van der Waals surface area (Å²) in [5.41, 5.74) is 8.07. The molecule has 108 valence electrons. The van der Waals surface area contributed by atoms with Crippen LogP contribution in [0.3, 0.4) is 0 Å². The van der Waals surface area contributed by atoms with Crippen LogP contribution in [-0.4, -0.2) is 24.3 Å². The number of ether oxygens (including phenoxy) is 2. The van der Waals surface area contributed by atoms with Crippen LogP contribution in [0, 0.1) is 13.8 Å². The zero-order valence-electron chi connectivity index (χ0n) is 11.7. The van der Waals surface area contributed by atoms with Gasteiger partial charge in [0, 0.05) is 23.5 Å². The minimum atomic E-state index is -0.589. The third-order valence-electron chi connectivity index (χ3n) is 3.02. The van der Waals surface area contributed by atoms with E-state index in [1.807, 2.05) is 13.8 Å². The number of rotatable bonds is 4. The lowest BCUT2D eigenvalue weighted by atomic mass is 10.1. The summed E-state index contributed by atoms with van der Waals surface area (Å²) < 4.78 is 10.8. The molecule has 1 aliphatic rings. The van der Waals surface area contributed by atoms with E-state index in [-0.39, 0.29) is 18.3 Å². The molecule has 1 unspecified atom stereocenters. The summed E-state index contributed by atoms with van der Waals surface area (Å²) in [6.45, 7) is 4.01. The molecule has 1 aromatic heterocycles. The molecule has 1 aromatic rings. The molecule has 4 N–H and O–H groups in total. The van der Waals surface area contributed by atoms with Gasteiger partial charge < -0.3 is 20.1 Å². The van der Waals surface area contributed by atoms with Crippen molar-refractivity contribution in [1.82, 2.24) is 15.6 Å². The van der Waals surface area contributed by atoms with E-state index in [0.717, 1.165) is 22.6 Å². The Morgan fingerprint density at radius 2 is 2.20 bits per heavy atom. The van der Waals surface area contributed by atoms with E-state index in [2.05, 4.69) is 15.6 Å². The molecule has 7 nitrogen and oxygen atoms in total. The smallest absolute Gasteiger partial charge is 0.290 e. The number of nitrogens with two attached hydrogens (primary N) is 1. The SMILES string of the molecule is COc1c(C)cnc(COC2=CNC(N)NC2=O)c1C. The number of aromatic nitrogens is 1. The van der Waals surface area contributed by atoms with Gasteiger partial charge in [0.2, 0.25) is 0 Å². The van der Waals surface area contributed by atoms with Gasteiger partial charge in [-0.05, 0) is 13.8 Å². The van der Waals surface area contributed by atoms with Crippen molar-refractivity contribution >= 4 is 5.91 Å². The second-order valence-electron chi connectivity index (χ2n) is 4.46. The van der Waals surface area contributed by atoms with Crippen molar-refractivity contribution in [2.45, 2.75) is 26.7 Å². The molecule has 0 aromatic carbocycles. The molecule has 0 spiro atoms. The number of pyridine rings is 1. The number of carbonyl (C=O) groups excluding carboxylic acids is 1. The fraction of sp³-hybridized carbons (Fsp3) is 0.385. The maximum Gasteiger partial charge on any atom is 0.290 e. The topological polar surface area (TPSA) is 98.5 Å². The van der Waals surface area contributed by atoms with Gasteiger partial charge >= 0.3 is 0 Å². The van der Waals surface area contributed by atoms with Crippen LogP contribution in [0.4, 0.5) is 0 Å². The minimum Gasteiger partial charge on any atom is -0.496 e. The Morgan fingerprint density at radius 1 is 1.45 bits per heavy atom. The summed E-state index contributed by atoms with van der Waals surface area (Å²) in [5, 5.41) is 5.26. The van der Waals surface area contributed by atoms with Crippen molar-refractivity contribution in [2.75, 3.05) is 7.11 Å². The highest BCUT2D eigenvalue weighted by Gasteiger charge is 2.19. The van der Waals surface area contributed by atoms with Crippen LogP contribution in [-0.2, 0) is 16.1 Å². The maximum atomic E-state index is 11.6. The van der Waals surface area contributed by atoms with E-state index in [9.17, 15) is 4.79 Å². The molecule has 0 fully saturated rings. The van der Waals surface area contributed by atoms with Crippen molar-refractivity contribution in [3.8, 4) is 5.75 Å². The highest BCUT2D eigenvalue weighted by Crippen LogP contribution is 2.24. The summed E-state index contributed by atoms with van der Waals surface area (Å²) >= 11 is 0. The van der Waals surface area contributed by atoms with Gasteiger partial charge in [0.05, 0.1) is 12.8 Å². The molecule has 2 rings (SSSR count). The summed E-state index contributed by atoms with van der Waals surface area (Å²) in [6, 6.07) is 0. The molecule has 7 heteroatoms. The molecule has 20 heavy (non-hydrogen) atoms. The number of carbonyl (C=O) groups is 1. The number of nitrogens with zero attached hydrogens (tertiary/aromatic N) is 1. The normalized spacial score (nSPS) is 17.9. The van der Waals surface area contributed by atoms with E-state index in [1.165, 1.54) is 6.20 Å². The zero-order chi connectivity index (χ0) is 14.7. The van der Waals surface area contributed by atoms with Crippen LogP contribution >= 0.6 is 0 Å². The second kappa shape index (κ2) is 5.79. The number of hydrogen-bond acceptors (Lipinski definition) is 6. The number of methoxy groups -OCH3 is 1. The molecule has 0 radical (unpaired) electrons. The third-order valence-corrected chi connectivity index (χ3v) is 3.02. The molecular formula is C13H18N4O3. The Labute approximate surface area is 117 Å². The Morgan fingerprint density at radius 3 is 2.85 bits per heavy atom. The van der Waals surface area contributed by atoms with Gasteiger partial charge in [-0.25, -0.2) is 0 Å². The summed E-state index contributed by atoms with van der Waals surface area (Å²) in [7, 11) is 1.61. The van der Waals surface area contributed by atoms with E-state index in [4.69, 9.17) is 15.2 Å². The van der Waals surface area contributed by atoms with Gasteiger partial charge in [0.1, 0.15) is 12.4 Å². The van der Waals surface area contributed by atoms with Gasteiger partial charge in [-0.3, -0.25) is 15.5 Å². The molecule has 1 amide bonds. The summed E-state index contributed by atoms with van der Waals surface area (Å²) in [6.07, 6.45) is 2.58. The monoisotopic (exact) mass is 278 g/mol. The number of amides is 1. The summed E-state index contributed by atoms with van der Waals surface area (Å²) in [4.78, 5) is 15.9. The highest BCUT2D eigenvalue weighted by atomic mass is 16.5. The van der Waals surface area contributed by atoms with Crippen molar-refractivity contribution in [3.63, 3.8) is 0 Å². The van der Waals surface area contributed by atoms with Crippen molar-refractivity contribution < 1.29 is 14.3 Å². The molecular weight excluding hydrogens is 260 g/mol. The van der Waals surface area contributed by atoms with E-state index >= 15 is 0 Å². The third kappa shape index (κ3) is 2.83. The standard InChI is InChI=1S/C13H18N4O3/c1-7-4-15-9(8(2)11(7)19-3)6-20-10-5-16-13(14)17-12(10)18/h4-5,13,16H,6,14H2,1-3H3,(H,17,18). The van der Waals surface area contributed by atoms with Crippen LogP contribution in [0.1, 0.15) is 16.8 Å². The van der Waals surface area contributed by atoms with Gasteiger partial charge in [-0.15, -0.1) is 0 Å². The van der Waals surface area contributed by atoms with Crippen molar-refractivity contribution in [1.29, 1.82) is 0 Å². The molecule has 0 saturated heterocycles. The first-order valence-electron chi connectivity index (χ1n) is 6.17. The molecule has 2 heterocycles. The Hall–Kier alpha value is -2.28. The fourth-order valence-corrected chi connectivity index (χ4v) is 1.95. The predicted octanol–water partition coefficient (Wildman–Crippen LogP) is 0.0267. The minimum absolute atomic E-state index is 0.174. The maximum absolute atomic E-state index is 11.6. The van der Waals surface area contributed by atoms with Crippen LogP contribution < -0.4 is 21.1 Å². The average Bonchev–Trinajstić information content (AvgIpc) is 2.40. The molecule has 1 aliphatic heterocycles. The van der Waals surface area contributed by atoms with Crippen LogP contribution in [0.15, 0.2) is 18.2 Å². The van der Waals surface area contributed by atoms with Gasteiger partial charge in [-0.1, -0.05) is 0 Å². The summed E-state index contributed by atoms with van der Waals surface area (Å²) in [5.74, 6) is 0.598. The van der Waals surface area contributed by atoms with Gasteiger partial charge in [-0.2, -0.15) is 0 Å². The van der Waals surface area contributed by atoms with Gasteiger partial charge in [0.15, 0.2) is 12.0 Å². The Balaban J connectivity index is 2.10. The van der Waals surface area contributed by atoms with Gasteiger partial charge in [0.25, 0.3) is 5.91 Å². The number of nitrogens with one attached hydrogen (secondary N) is 2. The molecule has 1 atom stereocenters. The first kappa shape index (κ1) is 14.1. The lowest BCUT2D eigenvalue weighted by Crippen LogP contribution is -2.53. The van der Waals surface area contributed by atoms with Crippen LogP contribution in [0.2, 0.25) is 0 Å². The quantitative estimate of drug-likeness (QED) is 0.718. The molecule has 0 saturated carbocycles. The van der Waals surface area contributed by atoms with E-state index < -0.39 is 6.29 Å². The zero-order valence-corrected chi connectivity index (χ0v) is 11.7. The lowest BCUT2D eigenvalue weighted by Gasteiger charge is -2.21. The number of hydrogen-bond donors (Lipinski definition) is 3. The first-order valence-corrected chi connectivity index (χ1v) is 6.17. The molecule has 0 bridgehead atoms. The van der Waals surface area contributed by atoms with Crippen LogP contribution in [0.5, 0.6) is 5.75 Å². The number of aryl methyl sites for hydroxylation is 1. The van der Waals surface area contributed by atoms with Crippen LogP contribution in [0.25, 0.3) is 0 Å². The fourth-order valence-electron chi connectivity index (χ4n) is 1.95. The Kier molecular flexibility index (Phi) is 4.09. The largest absolute Gasteiger partial charge is 0.496 e. The van der Waals surface area contributed by atoms with Crippen molar-refractivity contribution in [2.24, 2.45) is 5.73 Å². The second-order valence-corrected chi connectivity index (χ2v) is 4.46. The van der Waals surface area contributed by atoms with Crippen molar-refractivity contribution in [3.05, 3.63) is 35.0 Å². The predicted molar refractivity (Wildman–Crippen MR) is 72.4 cm³/mol. The van der Waals surface area contributed by atoms with E-state index in [0.29, 0.717) is 0 Å². The molecule has 0 aliphatic carbocycles. The lowest BCUT2D eigenvalue weighted by molar-refractivity contribution is -0.122. The average molecular weight is 278 g/mol. The Bertz CT molecular complexity index is 557. The van der Waals surface area contributed by atoms with E-state index in [1.54, 1.807) is 13.3 Å². The highest BCUT2D eigenvalue weighted by molar-refractivity contribution is 5.92.